The second kappa shape index (κ2) is 8.26. The Kier molecular flexibility index (Phi) is 5.59. The van der Waals surface area contributed by atoms with Crippen LogP contribution in [0.25, 0.3) is 0 Å². The van der Waals surface area contributed by atoms with E-state index in [1.807, 2.05) is 18.2 Å². The minimum absolute atomic E-state index is 0.229. The van der Waals surface area contributed by atoms with Crippen LogP contribution < -0.4 is 15.8 Å². The van der Waals surface area contributed by atoms with Gasteiger partial charge in [0.15, 0.2) is 0 Å². The van der Waals surface area contributed by atoms with Gasteiger partial charge in [0, 0.05) is 24.4 Å². The summed E-state index contributed by atoms with van der Waals surface area (Å²) < 4.78 is 0. The highest BCUT2D eigenvalue weighted by molar-refractivity contribution is 6.23. The highest BCUT2D eigenvalue weighted by Crippen LogP contribution is 2.22. The summed E-state index contributed by atoms with van der Waals surface area (Å²) in [5.74, 6) is -1.57. The fourth-order valence-corrected chi connectivity index (χ4v) is 2.68. The highest BCUT2D eigenvalue weighted by atomic mass is 16.2. The average Bonchev–Trinajstić information content (AvgIpc) is 2.96. The van der Waals surface area contributed by atoms with Crippen LogP contribution in [0.5, 0.6) is 0 Å². The van der Waals surface area contributed by atoms with Crippen LogP contribution >= 0.6 is 0 Å². The second-order valence-corrected chi connectivity index (χ2v) is 6.19. The Balaban J connectivity index is 1.65. The number of benzene rings is 2. The first-order valence-corrected chi connectivity index (χ1v) is 8.61. The summed E-state index contributed by atoms with van der Waals surface area (Å²) in [5, 5.41) is 12.1. The van der Waals surface area contributed by atoms with E-state index in [0.717, 1.165) is 0 Å². The van der Waals surface area contributed by atoms with Gasteiger partial charge < -0.3 is 5.32 Å². The zero-order chi connectivity index (χ0) is 20.1. The van der Waals surface area contributed by atoms with Gasteiger partial charge in [0.25, 0.3) is 11.8 Å². The fourth-order valence-electron chi connectivity index (χ4n) is 2.68. The lowest BCUT2D eigenvalue weighted by Gasteiger charge is -2.12. The van der Waals surface area contributed by atoms with E-state index in [-0.39, 0.29) is 11.8 Å². The number of hydrazone groups is 2. The molecule has 8 nitrogen and oxygen atoms in total. The van der Waals surface area contributed by atoms with Crippen molar-refractivity contribution in [3.05, 3.63) is 60.2 Å². The summed E-state index contributed by atoms with van der Waals surface area (Å²) in [4.78, 5) is 35.9. The molecule has 0 bridgehead atoms. The molecule has 3 rings (SSSR count). The molecule has 3 amide bonds. The number of nitrogens with zero attached hydrogens (tertiary/aromatic N) is 3. The maximum absolute atomic E-state index is 12.6. The van der Waals surface area contributed by atoms with Crippen molar-refractivity contribution >= 4 is 41.0 Å². The maximum Gasteiger partial charge on any atom is 0.271 e. The number of para-hydroxylation sites is 1. The molecule has 2 N–H and O–H groups in total. The van der Waals surface area contributed by atoms with E-state index in [4.69, 9.17) is 0 Å². The molecule has 1 aliphatic rings. The predicted molar refractivity (Wildman–Crippen MR) is 107 cm³/mol. The van der Waals surface area contributed by atoms with Crippen LogP contribution in [0.1, 0.15) is 24.2 Å². The summed E-state index contributed by atoms with van der Waals surface area (Å²) in [6.07, 6.45) is 1.36. The van der Waals surface area contributed by atoms with Gasteiger partial charge in [-0.05, 0) is 37.3 Å². The number of anilines is 2. The third kappa shape index (κ3) is 4.29. The van der Waals surface area contributed by atoms with Crippen molar-refractivity contribution in [2.24, 2.45) is 16.1 Å². The van der Waals surface area contributed by atoms with Gasteiger partial charge in [0.2, 0.25) is 5.91 Å². The lowest BCUT2D eigenvalue weighted by molar-refractivity contribution is -0.118. The monoisotopic (exact) mass is 377 g/mol. The van der Waals surface area contributed by atoms with E-state index < -0.39 is 11.8 Å². The molecule has 0 radical (unpaired) electrons. The van der Waals surface area contributed by atoms with Crippen molar-refractivity contribution in [2.45, 2.75) is 13.8 Å². The van der Waals surface area contributed by atoms with Gasteiger partial charge in [-0.3, -0.25) is 14.4 Å². The summed E-state index contributed by atoms with van der Waals surface area (Å²) in [7, 11) is 0. The molecule has 0 aromatic heterocycles. The van der Waals surface area contributed by atoms with Crippen LogP contribution in [0, 0.1) is 5.92 Å². The first-order chi connectivity index (χ1) is 13.5. The smallest absolute Gasteiger partial charge is 0.271 e. The van der Waals surface area contributed by atoms with Gasteiger partial charge in [-0.2, -0.15) is 15.2 Å². The quantitative estimate of drug-likeness (QED) is 0.618. The normalized spacial score (nSPS) is 16.2. The minimum Gasteiger partial charge on any atom is -0.326 e. The molecule has 2 aromatic carbocycles. The zero-order valence-electron chi connectivity index (χ0n) is 15.4. The number of nitrogens with one attached hydrogen (secondary N) is 2. The molecule has 2 aromatic rings. The molecular weight excluding hydrogens is 358 g/mol. The van der Waals surface area contributed by atoms with Gasteiger partial charge in [0.05, 0.1) is 11.4 Å². The molecule has 8 heteroatoms. The Morgan fingerprint density at radius 1 is 1.14 bits per heavy atom. The van der Waals surface area contributed by atoms with E-state index in [2.05, 4.69) is 20.9 Å². The summed E-state index contributed by atoms with van der Waals surface area (Å²) >= 11 is 0. The van der Waals surface area contributed by atoms with Gasteiger partial charge in [-0.25, -0.2) is 5.43 Å². The molecule has 0 unspecified atom stereocenters. The number of amides is 3. The number of carbonyl (C=O) groups is 3. The molecule has 0 saturated carbocycles. The fraction of sp³-hybridized carbons (Fsp3) is 0.150. The molecule has 1 atom stereocenters. The number of hydrogen-bond acceptors (Lipinski definition) is 5. The van der Waals surface area contributed by atoms with Gasteiger partial charge in [0.1, 0.15) is 5.92 Å². The Hall–Kier alpha value is -3.81. The van der Waals surface area contributed by atoms with Crippen molar-refractivity contribution in [3.63, 3.8) is 0 Å². The molecule has 0 spiro atoms. The van der Waals surface area contributed by atoms with E-state index >= 15 is 0 Å². The number of rotatable bonds is 5. The Labute approximate surface area is 161 Å². The highest BCUT2D eigenvalue weighted by Gasteiger charge is 2.33. The lowest BCUT2D eigenvalue weighted by atomic mass is 10.1. The van der Waals surface area contributed by atoms with Crippen LogP contribution in [0.4, 0.5) is 11.4 Å². The third-order valence-corrected chi connectivity index (χ3v) is 4.02. The molecule has 1 heterocycles. The Morgan fingerprint density at radius 2 is 1.89 bits per heavy atom. The topological polar surface area (TPSA) is 103 Å². The summed E-state index contributed by atoms with van der Waals surface area (Å²) in [5.41, 5.74) is 4.49. The molecule has 0 aliphatic carbocycles. The van der Waals surface area contributed by atoms with E-state index in [1.54, 1.807) is 37.3 Å². The molecular formula is C20H19N5O3. The second-order valence-electron chi connectivity index (χ2n) is 6.19. The van der Waals surface area contributed by atoms with E-state index in [1.165, 1.54) is 24.2 Å². The summed E-state index contributed by atoms with van der Waals surface area (Å²) in [6.45, 7) is 3.12. The molecule has 0 saturated heterocycles. The zero-order valence-corrected chi connectivity index (χ0v) is 15.4. The van der Waals surface area contributed by atoms with Crippen LogP contribution in [-0.2, 0) is 9.59 Å². The van der Waals surface area contributed by atoms with Crippen LogP contribution in [0.2, 0.25) is 0 Å². The maximum atomic E-state index is 12.6. The summed E-state index contributed by atoms with van der Waals surface area (Å²) in [6, 6.07) is 15.5. The van der Waals surface area contributed by atoms with Crippen molar-refractivity contribution in [1.82, 2.24) is 5.43 Å². The largest absolute Gasteiger partial charge is 0.326 e. The minimum atomic E-state index is -0.647. The van der Waals surface area contributed by atoms with Crippen molar-refractivity contribution in [1.29, 1.82) is 0 Å². The van der Waals surface area contributed by atoms with Gasteiger partial charge >= 0.3 is 0 Å². The van der Waals surface area contributed by atoms with Crippen molar-refractivity contribution in [2.75, 3.05) is 10.3 Å². The first-order valence-electron chi connectivity index (χ1n) is 8.61. The van der Waals surface area contributed by atoms with E-state index in [9.17, 15) is 14.4 Å². The van der Waals surface area contributed by atoms with Crippen molar-refractivity contribution in [3.8, 4) is 0 Å². The molecule has 0 fully saturated rings. The van der Waals surface area contributed by atoms with Crippen LogP contribution in [0.3, 0.4) is 0 Å². The number of hydrogen-bond donors (Lipinski definition) is 2. The SMILES string of the molecule is CC(=O)Nc1cccc(C(=O)N/N=C/[C@@H]2C(=O)N(c3ccccc3)N=C2C)c1. The molecule has 142 valence electrons. The lowest BCUT2D eigenvalue weighted by Crippen LogP contribution is -2.29. The van der Waals surface area contributed by atoms with Crippen LogP contribution in [-0.4, -0.2) is 29.6 Å². The molecule has 1 aliphatic heterocycles. The first kappa shape index (κ1) is 19.0. The van der Waals surface area contributed by atoms with Crippen LogP contribution in [0.15, 0.2) is 64.8 Å². The van der Waals surface area contributed by atoms with Crippen molar-refractivity contribution < 1.29 is 14.4 Å². The van der Waals surface area contributed by atoms with Gasteiger partial charge in [-0.15, -0.1) is 0 Å². The predicted octanol–water partition coefficient (Wildman–Crippen LogP) is 2.40. The third-order valence-electron chi connectivity index (χ3n) is 4.02. The Morgan fingerprint density at radius 3 is 2.61 bits per heavy atom. The van der Waals surface area contributed by atoms with E-state index in [0.29, 0.717) is 22.6 Å². The average molecular weight is 377 g/mol. The standard InChI is InChI=1S/C20H19N5O3/c1-13-18(20(28)25(24-13)17-9-4-3-5-10-17)12-21-23-19(27)15-7-6-8-16(11-15)22-14(2)26/h3-12,18H,1-2H3,(H,22,26)(H,23,27)/b21-12+/t18-/m0/s1. The molecule has 28 heavy (non-hydrogen) atoms. The number of carbonyl (C=O) groups excluding carboxylic acids is 3. The van der Waals surface area contributed by atoms with Gasteiger partial charge in [-0.1, -0.05) is 24.3 Å². The Bertz CT molecular complexity index is 969.